The first-order valence-electron chi connectivity index (χ1n) is 6.97. The van der Waals surface area contributed by atoms with Gasteiger partial charge >= 0.3 is 6.03 Å². The van der Waals surface area contributed by atoms with E-state index in [-0.39, 0.29) is 12.1 Å². The van der Waals surface area contributed by atoms with Gasteiger partial charge in [-0.15, -0.1) is 0 Å². The molecule has 0 saturated heterocycles. The van der Waals surface area contributed by atoms with E-state index in [1.165, 1.54) is 0 Å². The van der Waals surface area contributed by atoms with Crippen LogP contribution >= 0.6 is 0 Å². The number of anilines is 1. The van der Waals surface area contributed by atoms with Crippen molar-refractivity contribution < 1.29 is 9.90 Å². The van der Waals surface area contributed by atoms with Gasteiger partial charge in [0.2, 0.25) is 0 Å². The summed E-state index contributed by atoms with van der Waals surface area (Å²) in [5.41, 5.74) is 2.47. The number of benzene rings is 2. The molecule has 110 valence electrons. The fourth-order valence-corrected chi connectivity index (χ4v) is 2.07. The Balaban J connectivity index is 1.97. The number of amides is 2. The van der Waals surface area contributed by atoms with Gasteiger partial charge in [-0.25, -0.2) is 4.79 Å². The second kappa shape index (κ2) is 6.90. The zero-order valence-corrected chi connectivity index (χ0v) is 12.2. The molecule has 0 spiro atoms. The van der Waals surface area contributed by atoms with Gasteiger partial charge in [-0.2, -0.15) is 0 Å². The van der Waals surface area contributed by atoms with Crippen molar-refractivity contribution in [1.82, 2.24) is 5.32 Å². The summed E-state index contributed by atoms with van der Waals surface area (Å²) in [6, 6.07) is 16.6. The van der Waals surface area contributed by atoms with E-state index in [9.17, 15) is 9.90 Å². The van der Waals surface area contributed by atoms with Crippen molar-refractivity contribution in [2.75, 3.05) is 5.32 Å². The number of nitrogens with one attached hydrogen (secondary N) is 2. The highest BCUT2D eigenvalue weighted by atomic mass is 16.3. The van der Waals surface area contributed by atoms with Crippen LogP contribution in [0.2, 0.25) is 0 Å². The van der Waals surface area contributed by atoms with E-state index in [1.807, 2.05) is 43.3 Å². The first-order valence-corrected chi connectivity index (χ1v) is 6.97. The van der Waals surface area contributed by atoms with Crippen molar-refractivity contribution in [3.63, 3.8) is 0 Å². The first kappa shape index (κ1) is 15.1. The van der Waals surface area contributed by atoms with Crippen LogP contribution in [0.1, 0.15) is 37.1 Å². The Hall–Kier alpha value is -2.33. The lowest BCUT2D eigenvalue weighted by Crippen LogP contribution is -2.31. The molecule has 4 heteroatoms. The van der Waals surface area contributed by atoms with Crippen molar-refractivity contribution in [1.29, 1.82) is 0 Å². The number of rotatable bonds is 4. The second-order valence-corrected chi connectivity index (χ2v) is 5.03. The normalized spacial score (nSPS) is 13.3. The van der Waals surface area contributed by atoms with Gasteiger partial charge in [0, 0.05) is 5.69 Å². The second-order valence-electron chi connectivity index (χ2n) is 5.03. The van der Waals surface area contributed by atoms with Gasteiger partial charge in [-0.1, -0.05) is 42.5 Å². The summed E-state index contributed by atoms with van der Waals surface area (Å²) in [7, 11) is 0. The Morgan fingerprint density at radius 3 is 2.33 bits per heavy atom. The van der Waals surface area contributed by atoms with Gasteiger partial charge in [0.05, 0.1) is 12.1 Å². The molecule has 0 saturated carbocycles. The lowest BCUT2D eigenvalue weighted by molar-refractivity contribution is 0.199. The van der Waals surface area contributed by atoms with Crippen LogP contribution in [0, 0.1) is 0 Å². The molecule has 4 nitrogen and oxygen atoms in total. The first-order chi connectivity index (χ1) is 10.1. The van der Waals surface area contributed by atoms with E-state index < -0.39 is 6.10 Å². The number of aliphatic hydroxyl groups excluding tert-OH is 1. The molecule has 21 heavy (non-hydrogen) atoms. The average molecular weight is 284 g/mol. The smallest absolute Gasteiger partial charge is 0.319 e. The zero-order chi connectivity index (χ0) is 15.2. The molecular formula is C17H20N2O2. The van der Waals surface area contributed by atoms with Gasteiger partial charge in [0.25, 0.3) is 0 Å². The Kier molecular flexibility index (Phi) is 4.95. The van der Waals surface area contributed by atoms with Crippen molar-refractivity contribution in [2.45, 2.75) is 26.0 Å². The number of carbonyl (C=O) groups is 1. The number of hydrogen-bond donors (Lipinski definition) is 3. The van der Waals surface area contributed by atoms with Crippen LogP contribution in [0.15, 0.2) is 54.6 Å². The third kappa shape index (κ3) is 4.33. The monoisotopic (exact) mass is 284 g/mol. The summed E-state index contributed by atoms with van der Waals surface area (Å²) >= 11 is 0. The fourth-order valence-electron chi connectivity index (χ4n) is 2.07. The third-order valence-corrected chi connectivity index (χ3v) is 3.27. The average Bonchev–Trinajstić information content (AvgIpc) is 2.48. The zero-order valence-electron chi connectivity index (χ0n) is 12.2. The lowest BCUT2D eigenvalue weighted by Gasteiger charge is -2.15. The van der Waals surface area contributed by atoms with Crippen molar-refractivity contribution in [3.8, 4) is 0 Å². The molecule has 2 aromatic rings. The van der Waals surface area contributed by atoms with E-state index in [2.05, 4.69) is 10.6 Å². The number of urea groups is 1. The van der Waals surface area contributed by atoms with Crippen molar-refractivity contribution in [3.05, 3.63) is 65.7 Å². The van der Waals surface area contributed by atoms with Gasteiger partial charge in [-0.05, 0) is 37.1 Å². The van der Waals surface area contributed by atoms with Gasteiger partial charge in [0.1, 0.15) is 0 Å². The largest absolute Gasteiger partial charge is 0.389 e. The van der Waals surface area contributed by atoms with Crippen LogP contribution in [0.25, 0.3) is 0 Å². The Labute approximate surface area is 124 Å². The standard InChI is InChI=1S/C17H20N2O2/c1-12(14-7-4-3-5-8-14)18-17(21)19-16-10-6-9-15(11-16)13(2)20/h3-13,20H,1-2H3,(H2,18,19,21). The molecule has 2 atom stereocenters. The van der Waals surface area contributed by atoms with Crippen molar-refractivity contribution in [2.24, 2.45) is 0 Å². The predicted molar refractivity (Wildman–Crippen MR) is 84.1 cm³/mol. The van der Waals surface area contributed by atoms with Gasteiger partial charge < -0.3 is 15.7 Å². The Morgan fingerprint density at radius 1 is 1.00 bits per heavy atom. The lowest BCUT2D eigenvalue weighted by atomic mass is 10.1. The molecule has 2 rings (SSSR count). The third-order valence-electron chi connectivity index (χ3n) is 3.27. The van der Waals surface area contributed by atoms with Gasteiger partial charge in [0.15, 0.2) is 0 Å². The highest BCUT2D eigenvalue weighted by Gasteiger charge is 2.09. The molecular weight excluding hydrogens is 264 g/mol. The maximum absolute atomic E-state index is 12.0. The number of carbonyl (C=O) groups excluding carboxylic acids is 1. The van der Waals surface area contributed by atoms with Crippen LogP contribution in [-0.4, -0.2) is 11.1 Å². The van der Waals surface area contributed by atoms with Crippen LogP contribution in [0.5, 0.6) is 0 Å². The predicted octanol–water partition coefficient (Wildman–Crippen LogP) is 3.62. The summed E-state index contributed by atoms with van der Waals surface area (Å²) in [6.45, 7) is 3.62. The quantitative estimate of drug-likeness (QED) is 0.803. The van der Waals surface area contributed by atoms with Crippen molar-refractivity contribution >= 4 is 11.7 Å². The highest BCUT2D eigenvalue weighted by molar-refractivity contribution is 5.89. The molecule has 0 fully saturated rings. The molecule has 0 aromatic heterocycles. The molecule has 2 amide bonds. The van der Waals surface area contributed by atoms with E-state index >= 15 is 0 Å². The van der Waals surface area contributed by atoms with Gasteiger partial charge in [-0.3, -0.25) is 0 Å². The Morgan fingerprint density at radius 2 is 1.67 bits per heavy atom. The molecule has 3 N–H and O–H groups in total. The molecule has 2 unspecified atom stereocenters. The summed E-state index contributed by atoms with van der Waals surface area (Å²) in [5.74, 6) is 0. The van der Waals surface area contributed by atoms with Crippen LogP contribution < -0.4 is 10.6 Å². The minimum Gasteiger partial charge on any atom is -0.389 e. The van der Waals surface area contributed by atoms with Crippen LogP contribution in [-0.2, 0) is 0 Å². The summed E-state index contributed by atoms with van der Waals surface area (Å²) in [4.78, 5) is 12.0. The molecule has 0 radical (unpaired) electrons. The highest BCUT2D eigenvalue weighted by Crippen LogP contribution is 2.17. The molecule has 0 aliphatic heterocycles. The van der Waals surface area contributed by atoms with E-state index in [1.54, 1.807) is 25.1 Å². The van der Waals surface area contributed by atoms with Crippen LogP contribution in [0.4, 0.5) is 10.5 Å². The number of hydrogen-bond acceptors (Lipinski definition) is 2. The number of aliphatic hydroxyl groups is 1. The summed E-state index contributed by atoms with van der Waals surface area (Å²) in [5, 5.41) is 15.2. The topological polar surface area (TPSA) is 61.4 Å². The molecule has 0 aliphatic carbocycles. The molecule has 0 bridgehead atoms. The summed E-state index contributed by atoms with van der Waals surface area (Å²) in [6.07, 6.45) is -0.557. The maximum Gasteiger partial charge on any atom is 0.319 e. The minimum absolute atomic E-state index is 0.0776. The van der Waals surface area contributed by atoms with E-state index in [4.69, 9.17) is 0 Å². The molecule has 0 aliphatic rings. The molecule has 0 heterocycles. The fraction of sp³-hybridized carbons (Fsp3) is 0.235. The van der Waals surface area contributed by atoms with E-state index in [0.29, 0.717) is 5.69 Å². The SMILES string of the molecule is CC(O)c1cccc(NC(=O)NC(C)c2ccccc2)c1. The molecule has 2 aromatic carbocycles. The summed E-state index contributed by atoms with van der Waals surface area (Å²) < 4.78 is 0. The maximum atomic E-state index is 12.0. The van der Waals surface area contributed by atoms with E-state index in [0.717, 1.165) is 11.1 Å². The Bertz CT molecular complexity index is 597. The minimum atomic E-state index is -0.557. The van der Waals surface area contributed by atoms with Crippen LogP contribution in [0.3, 0.4) is 0 Å².